The van der Waals surface area contributed by atoms with Gasteiger partial charge in [-0.1, -0.05) is 0 Å². The van der Waals surface area contributed by atoms with E-state index >= 15 is 0 Å². The number of hydrogen-bond acceptors (Lipinski definition) is 5. The molecule has 1 amide bonds. The predicted octanol–water partition coefficient (Wildman–Crippen LogP) is 2.10. The van der Waals surface area contributed by atoms with Gasteiger partial charge in [-0.15, -0.1) is 0 Å². The van der Waals surface area contributed by atoms with Crippen LogP contribution < -0.4 is 15.6 Å². The van der Waals surface area contributed by atoms with E-state index in [0.29, 0.717) is 17.2 Å². The molecule has 0 unspecified atom stereocenters. The number of hydrogen-bond donors (Lipinski definition) is 1. The van der Waals surface area contributed by atoms with Gasteiger partial charge in [-0.05, 0) is 31.2 Å². The molecule has 23 heavy (non-hydrogen) atoms. The van der Waals surface area contributed by atoms with E-state index in [1.165, 1.54) is 10.9 Å². The maximum absolute atomic E-state index is 12.5. The van der Waals surface area contributed by atoms with Crippen LogP contribution in [0.3, 0.4) is 0 Å². The average molecular weight is 313 g/mol. The lowest BCUT2D eigenvalue weighted by atomic mass is 10.1. The maximum Gasteiger partial charge on any atom is 0.265 e. The second-order valence-electron chi connectivity index (χ2n) is 5.06. The average Bonchev–Trinajstić information content (AvgIpc) is 2.89. The molecule has 118 valence electrons. The first-order valence-electron chi connectivity index (χ1n) is 6.91. The highest BCUT2D eigenvalue weighted by Crippen LogP contribution is 2.22. The summed E-state index contributed by atoms with van der Waals surface area (Å²) in [7, 11) is 3.14. The summed E-state index contributed by atoms with van der Waals surface area (Å²) >= 11 is 0. The Hall–Kier alpha value is -3.09. The fourth-order valence-electron chi connectivity index (χ4n) is 2.33. The van der Waals surface area contributed by atoms with Gasteiger partial charge in [-0.2, -0.15) is 0 Å². The van der Waals surface area contributed by atoms with Gasteiger partial charge in [-0.3, -0.25) is 9.59 Å². The maximum atomic E-state index is 12.5. The lowest BCUT2D eigenvalue weighted by Gasteiger charge is -2.06. The molecule has 0 spiro atoms. The van der Waals surface area contributed by atoms with Crippen molar-refractivity contribution < 1.29 is 13.9 Å². The van der Waals surface area contributed by atoms with Crippen LogP contribution in [0, 0.1) is 6.92 Å². The number of aryl methyl sites for hydroxylation is 2. The van der Waals surface area contributed by atoms with Gasteiger partial charge < -0.3 is 19.0 Å². The first-order chi connectivity index (χ1) is 11.0. The molecule has 7 nitrogen and oxygen atoms in total. The van der Waals surface area contributed by atoms with Gasteiger partial charge in [0.15, 0.2) is 0 Å². The van der Waals surface area contributed by atoms with Crippen LogP contribution in [0.1, 0.15) is 16.1 Å². The summed E-state index contributed by atoms with van der Waals surface area (Å²) < 4.78 is 11.8. The summed E-state index contributed by atoms with van der Waals surface area (Å²) in [4.78, 5) is 28.9. The van der Waals surface area contributed by atoms with Crippen molar-refractivity contribution in [3.8, 4) is 5.75 Å². The van der Waals surface area contributed by atoms with Crippen molar-refractivity contribution in [1.29, 1.82) is 0 Å². The van der Waals surface area contributed by atoms with Gasteiger partial charge in [-0.25, -0.2) is 4.98 Å². The van der Waals surface area contributed by atoms with Gasteiger partial charge in [0, 0.05) is 12.7 Å². The number of benzene rings is 1. The summed E-state index contributed by atoms with van der Waals surface area (Å²) in [5, 5.41) is 2.92. The molecule has 0 atom stereocenters. The van der Waals surface area contributed by atoms with Crippen LogP contribution in [0.15, 0.2) is 39.8 Å². The number of aromatic nitrogens is 2. The molecule has 2 aromatic heterocycles. The highest BCUT2D eigenvalue weighted by molar-refractivity contribution is 6.12. The van der Waals surface area contributed by atoms with Gasteiger partial charge in [0.1, 0.15) is 23.2 Å². The number of methoxy groups -OCH3 is 1. The van der Waals surface area contributed by atoms with Gasteiger partial charge in [0.25, 0.3) is 11.5 Å². The monoisotopic (exact) mass is 313 g/mol. The minimum atomic E-state index is -0.420. The number of nitrogens with one attached hydrogen (secondary N) is 1. The summed E-state index contributed by atoms with van der Waals surface area (Å²) in [6, 6.07) is 6.89. The molecule has 7 heteroatoms. The Morgan fingerprint density at radius 1 is 1.30 bits per heavy atom. The molecule has 1 aromatic carbocycles. The van der Waals surface area contributed by atoms with E-state index in [1.54, 1.807) is 45.3 Å². The van der Waals surface area contributed by atoms with Crippen LogP contribution >= 0.6 is 0 Å². The molecule has 0 aliphatic rings. The lowest BCUT2D eigenvalue weighted by molar-refractivity contribution is 0.102. The fraction of sp³-hybridized carbons (Fsp3) is 0.188. The van der Waals surface area contributed by atoms with Gasteiger partial charge in [0.2, 0.25) is 5.71 Å². The Morgan fingerprint density at radius 3 is 2.65 bits per heavy atom. The van der Waals surface area contributed by atoms with Crippen LogP contribution in [0.2, 0.25) is 0 Å². The van der Waals surface area contributed by atoms with Gasteiger partial charge >= 0.3 is 0 Å². The molecule has 0 aliphatic carbocycles. The third kappa shape index (κ3) is 2.57. The van der Waals surface area contributed by atoms with Crippen molar-refractivity contribution in [2.24, 2.45) is 7.05 Å². The molecule has 0 aliphatic heterocycles. The standard InChI is InChI=1S/C16H15N3O4/c1-9-12(13-15(23-9)17-8-19(2)16(13)21)14(20)18-10-4-6-11(22-3)7-5-10/h4-8H,1-3H3,(H,18,20). The first kappa shape index (κ1) is 14.8. The van der Waals surface area contributed by atoms with Crippen LogP contribution in [0.4, 0.5) is 5.69 Å². The Balaban J connectivity index is 2.02. The number of ether oxygens (including phenoxy) is 1. The zero-order chi connectivity index (χ0) is 16.6. The van der Waals surface area contributed by atoms with Crippen molar-refractivity contribution in [3.63, 3.8) is 0 Å². The lowest BCUT2D eigenvalue weighted by Crippen LogP contribution is -2.20. The number of amides is 1. The Labute approximate surface area is 131 Å². The number of rotatable bonds is 3. The number of carbonyl (C=O) groups excluding carboxylic acids is 1. The summed E-state index contributed by atoms with van der Waals surface area (Å²) in [6.45, 7) is 1.63. The van der Waals surface area contributed by atoms with Crippen molar-refractivity contribution in [3.05, 3.63) is 52.3 Å². The topological polar surface area (TPSA) is 86.4 Å². The first-order valence-corrected chi connectivity index (χ1v) is 6.91. The Kier molecular flexibility index (Phi) is 3.61. The normalized spacial score (nSPS) is 10.7. The van der Waals surface area contributed by atoms with E-state index in [0.717, 1.165) is 0 Å². The van der Waals surface area contributed by atoms with Crippen molar-refractivity contribution in [1.82, 2.24) is 9.55 Å². The second kappa shape index (κ2) is 5.60. The summed E-state index contributed by atoms with van der Waals surface area (Å²) in [6.07, 6.45) is 1.36. The fourth-order valence-corrected chi connectivity index (χ4v) is 2.33. The summed E-state index contributed by atoms with van der Waals surface area (Å²) in [5.41, 5.74) is 0.618. The Morgan fingerprint density at radius 2 is 2.00 bits per heavy atom. The van der Waals surface area contributed by atoms with Crippen LogP contribution in [-0.4, -0.2) is 22.6 Å². The third-order valence-corrected chi connectivity index (χ3v) is 3.52. The van der Waals surface area contributed by atoms with E-state index in [9.17, 15) is 9.59 Å². The highest BCUT2D eigenvalue weighted by Gasteiger charge is 2.22. The van der Waals surface area contributed by atoms with Crippen LogP contribution in [0.25, 0.3) is 11.1 Å². The van der Waals surface area contributed by atoms with E-state index < -0.39 is 5.91 Å². The zero-order valence-corrected chi connectivity index (χ0v) is 12.9. The largest absolute Gasteiger partial charge is 0.497 e. The summed E-state index contributed by atoms with van der Waals surface area (Å²) in [5.74, 6) is 0.615. The van der Waals surface area contributed by atoms with E-state index in [-0.39, 0.29) is 22.2 Å². The van der Waals surface area contributed by atoms with Crippen LogP contribution in [0.5, 0.6) is 5.75 Å². The van der Waals surface area contributed by atoms with E-state index in [4.69, 9.17) is 9.15 Å². The van der Waals surface area contributed by atoms with Crippen LogP contribution in [-0.2, 0) is 7.05 Å². The molecule has 0 radical (unpaired) electrons. The van der Waals surface area contributed by atoms with Crippen molar-refractivity contribution in [2.75, 3.05) is 12.4 Å². The molecular formula is C16H15N3O4. The molecule has 1 N–H and O–H groups in total. The van der Waals surface area contributed by atoms with Crippen molar-refractivity contribution in [2.45, 2.75) is 6.92 Å². The second-order valence-corrected chi connectivity index (χ2v) is 5.06. The molecular weight excluding hydrogens is 298 g/mol. The predicted molar refractivity (Wildman–Crippen MR) is 84.9 cm³/mol. The quantitative estimate of drug-likeness (QED) is 0.800. The molecule has 3 rings (SSSR count). The highest BCUT2D eigenvalue weighted by atomic mass is 16.5. The third-order valence-electron chi connectivity index (χ3n) is 3.52. The molecule has 0 bridgehead atoms. The smallest absolute Gasteiger partial charge is 0.265 e. The number of nitrogens with zero attached hydrogens (tertiary/aromatic N) is 2. The SMILES string of the molecule is COc1ccc(NC(=O)c2c(C)oc3ncn(C)c(=O)c23)cc1. The molecule has 2 heterocycles. The Bertz CT molecular complexity index is 938. The number of furan rings is 1. The molecule has 3 aromatic rings. The van der Waals surface area contributed by atoms with Crippen molar-refractivity contribution >= 4 is 22.7 Å². The minimum absolute atomic E-state index is 0.158. The van der Waals surface area contributed by atoms with E-state index in [1.807, 2.05) is 0 Å². The molecule has 0 saturated heterocycles. The number of carbonyl (C=O) groups is 1. The molecule has 0 fully saturated rings. The minimum Gasteiger partial charge on any atom is -0.497 e. The van der Waals surface area contributed by atoms with Gasteiger partial charge in [0.05, 0.1) is 12.7 Å². The van der Waals surface area contributed by atoms with E-state index in [2.05, 4.69) is 10.3 Å². The molecule has 0 saturated carbocycles. The zero-order valence-electron chi connectivity index (χ0n) is 12.9. The number of fused-ring (bicyclic) bond motifs is 1. The number of anilines is 1.